The van der Waals surface area contributed by atoms with Crippen LogP contribution in [0.15, 0.2) is 35.2 Å². The van der Waals surface area contributed by atoms with E-state index in [9.17, 15) is 13.2 Å². The molecule has 1 aliphatic rings. The maximum atomic E-state index is 12.4. The summed E-state index contributed by atoms with van der Waals surface area (Å²) in [6.45, 7) is 0.349. The van der Waals surface area contributed by atoms with Crippen molar-refractivity contribution in [3.05, 3.63) is 35.9 Å². The van der Waals surface area contributed by atoms with E-state index in [1.807, 2.05) is 12.2 Å². The lowest BCUT2D eigenvalue weighted by Crippen LogP contribution is -2.29. The van der Waals surface area contributed by atoms with Crippen LogP contribution in [0.4, 0.5) is 0 Å². The lowest BCUT2D eigenvalue weighted by molar-refractivity contribution is -0.136. The van der Waals surface area contributed by atoms with E-state index < -0.39 is 16.0 Å². The Morgan fingerprint density at radius 3 is 2.64 bits per heavy atom. The average molecular weight is 325 g/mol. The molecule has 1 aromatic carbocycles. The Morgan fingerprint density at radius 2 is 2.05 bits per heavy atom. The van der Waals surface area contributed by atoms with E-state index in [4.69, 9.17) is 9.84 Å². The van der Waals surface area contributed by atoms with E-state index in [0.29, 0.717) is 12.1 Å². The maximum absolute atomic E-state index is 12.4. The van der Waals surface area contributed by atoms with Crippen molar-refractivity contribution in [2.45, 2.75) is 24.2 Å². The standard InChI is InChI=1S/C15H19NO5S/c1-21-13-7-6-12(9-15(17)18)8-14(13)22(19,20)16-10-11-4-2-3-5-11/h2-3,6-8,11,16H,4-5,9-10H2,1H3,(H,17,18). The van der Waals surface area contributed by atoms with Gasteiger partial charge in [0.15, 0.2) is 0 Å². The van der Waals surface area contributed by atoms with Crippen LogP contribution in [0, 0.1) is 5.92 Å². The lowest BCUT2D eigenvalue weighted by Gasteiger charge is -2.14. The van der Waals surface area contributed by atoms with E-state index in [1.165, 1.54) is 19.2 Å². The monoisotopic (exact) mass is 325 g/mol. The van der Waals surface area contributed by atoms with Crippen LogP contribution in [-0.4, -0.2) is 33.1 Å². The Morgan fingerprint density at radius 1 is 1.36 bits per heavy atom. The van der Waals surface area contributed by atoms with Crippen LogP contribution >= 0.6 is 0 Å². The molecule has 0 aromatic heterocycles. The third-order valence-corrected chi connectivity index (χ3v) is 4.99. The van der Waals surface area contributed by atoms with E-state index in [-0.39, 0.29) is 23.0 Å². The molecule has 0 saturated carbocycles. The Balaban J connectivity index is 2.21. The molecule has 2 rings (SSSR count). The number of hydrogen-bond acceptors (Lipinski definition) is 4. The second-order valence-electron chi connectivity index (χ2n) is 5.22. The van der Waals surface area contributed by atoms with Crippen LogP contribution in [0.25, 0.3) is 0 Å². The molecule has 0 unspecified atom stereocenters. The fourth-order valence-electron chi connectivity index (χ4n) is 2.36. The minimum Gasteiger partial charge on any atom is -0.495 e. The molecular formula is C15H19NO5S. The number of allylic oxidation sites excluding steroid dienone is 2. The average Bonchev–Trinajstić information content (AvgIpc) is 2.98. The summed E-state index contributed by atoms with van der Waals surface area (Å²) in [7, 11) is -2.36. The first-order chi connectivity index (χ1) is 10.4. The van der Waals surface area contributed by atoms with Gasteiger partial charge in [0.25, 0.3) is 0 Å². The predicted octanol–water partition coefficient (Wildman–Crippen LogP) is 1.57. The molecule has 6 nitrogen and oxygen atoms in total. The Kier molecular flexibility index (Phi) is 5.20. The number of benzene rings is 1. The minimum absolute atomic E-state index is 0.0280. The predicted molar refractivity (Wildman–Crippen MR) is 81.4 cm³/mol. The van der Waals surface area contributed by atoms with Crippen molar-refractivity contribution in [2.75, 3.05) is 13.7 Å². The highest BCUT2D eigenvalue weighted by Gasteiger charge is 2.22. The number of sulfonamides is 1. The largest absolute Gasteiger partial charge is 0.495 e. The van der Waals surface area contributed by atoms with Gasteiger partial charge in [-0.2, -0.15) is 0 Å². The number of ether oxygens (including phenoxy) is 1. The van der Waals surface area contributed by atoms with Crippen molar-refractivity contribution in [3.8, 4) is 5.75 Å². The summed E-state index contributed by atoms with van der Waals surface area (Å²) in [6, 6.07) is 4.37. The van der Waals surface area contributed by atoms with Crippen molar-refractivity contribution >= 4 is 16.0 Å². The molecule has 0 radical (unpaired) electrons. The second kappa shape index (κ2) is 6.93. The molecule has 7 heteroatoms. The van der Waals surface area contributed by atoms with Crippen molar-refractivity contribution in [2.24, 2.45) is 5.92 Å². The first-order valence-electron chi connectivity index (χ1n) is 6.95. The molecule has 0 fully saturated rings. The van der Waals surface area contributed by atoms with Crippen molar-refractivity contribution in [3.63, 3.8) is 0 Å². The van der Waals surface area contributed by atoms with Crippen molar-refractivity contribution < 1.29 is 23.1 Å². The van der Waals surface area contributed by atoms with Gasteiger partial charge in [0, 0.05) is 6.54 Å². The summed E-state index contributed by atoms with van der Waals surface area (Å²) >= 11 is 0. The van der Waals surface area contributed by atoms with Gasteiger partial charge in [0.1, 0.15) is 10.6 Å². The maximum Gasteiger partial charge on any atom is 0.307 e. The molecule has 0 amide bonds. The topological polar surface area (TPSA) is 92.7 Å². The number of carboxylic acid groups (broad SMARTS) is 1. The highest BCUT2D eigenvalue weighted by Crippen LogP contribution is 2.26. The number of aliphatic carboxylic acids is 1. The van der Waals surface area contributed by atoms with Crippen LogP contribution in [-0.2, 0) is 21.2 Å². The first kappa shape index (κ1) is 16.5. The van der Waals surface area contributed by atoms with Crippen molar-refractivity contribution in [1.82, 2.24) is 4.72 Å². The molecule has 0 atom stereocenters. The highest BCUT2D eigenvalue weighted by atomic mass is 32.2. The summed E-state index contributed by atoms with van der Waals surface area (Å²) in [4.78, 5) is 10.8. The highest BCUT2D eigenvalue weighted by molar-refractivity contribution is 7.89. The van der Waals surface area contributed by atoms with Crippen LogP contribution in [0.3, 0.4) is 0 Å². The molecule has 2 N–H and O–H groups in total. The number of carboxylic acids is 1. The van der Waals surface area contributed by atoms with Gasteiger partial charge in [-0.25, -0.2) is 13.1 Å². The zero-order valence-electron chi connectivity index (χ0n) is 12.3. The van der Waals surface area contributed by atoms with Crippen LogP contribution < -0.4 is 9.46 Å². The number of hydrogen-bond donors (Lipinski definition) is 2. The van der Waals surface area contributed by atoms with E-state index in [1.54, 1.807) is 6.07 Å². The molecule has 0 spiro atoms. The number of methoxy groups -OCH3 is 1. The van der Waals surface area contributed by atoms with Crippen LogP contribution in [0.1, 0.15) is 18.4 Å². The minimum atomic E-state index is -3.74. The smallest absolute Gasteiger partial charge is 0.307 e. The Bertz CT molecular complexity index is 673. The fourth-order valence-corrected chi connectivity index (χ4v) is 3.69. The van der Waals surface area contributed by atoms with E-state index in [2.05, 4.69) is 4.72 Å². The molecule has 22 heavy (non-hydrogen) atoms. The zero-order chi connectivity index (χ0) is 16.2. The SMILES string of the molecule is COc1ccc(CC(=O)O)cc1S(=O)(=O)NCC1CC=CC1. The van der Waals surface area contributed by atoms with Crippen LogP contribution in [0.5, 0.6) is 5.75 Å². The van der Waals surface area contributed by atoms with Gasteiger partial charge in [-0.15, -0.1) is 0 Å². The number of nitrogens with one attached hydrogen (secondary N) is 1. The summed E-state index contributed by atoms with van der Waals surface area (Å²) < 4.78 is 32.6. The van der Waals surface area contributed by atoms with E-state index in [0.717, 1.165) is 12.8 Å². The normalized spacial score (nSPS) is 15.1. The molecule has 0 aliphatic heterocycles. The van der Waals surface area contributed by atoms with Gasteiger partial charge in [0.2, 0.25) is 10.0 Å². The fraction of sp³-hybridized carbons (Fsp3) is 0.400. The number of rotatable bonds is 7. The molecular weight excluding hydrogens is 306 g/mol. The van der Waals surface area contributed by atoms with Gasteiger partial charge < -0.3 is 9.84 Å². The third kappa shape index (κ3) is 4.08. The lowest BCUT2D eigenvalue weighted by atomic mass is 10.1. The third-order valence-electron chi connectivity index (χ3n) is 3.54. The quantitative estimate of drug-likeness (QED) is 0.742. The molecule has 0 saturated heterocycles. The Hall–Kier alpha value is -1.86. The summed E-state index contributed by atoms with van der Waals surface area (Å²) in [5.41, 5.74) is 0.413. The van der Waals surface area contributed by atoms with Gasteiger partial charge in [-0.3, -0.25) is 4.79 Å². The van der Waals surface area contributed by atoms with Gasteiger partial charge in [-0.1, -0.05) is 18.2 Å². The van der Waals surface area contributed by atoms with Crippen molar-refractivity contribution in [1.29, 1.82) is 0 Å². The summed E-state index contributed by atoms with van der Waals surface area (Å²) in [6.07, 6.45) is 5.55. The summed E-state index contributed by atoms with van der Waals surface area (Å²) in [5, 5.41) is 8.83. The van der Waals surface area contributed by atoms with E-state index >= 15 is 0 Å². The summed E-state index contributed by atoms with van der Waals surface area (Å²) in [5.74, 6) is -0.548. The molecule has 120 valence electrons. The molecule has 0 bridgehead atoms. The first-order valence-corrected chi connectivity index (χ1v) is 8.44. The number of carbonyl (C=O) groups is 1. The zero-order valence-corrected chi connectivity index (χ0v) is 13.1. The van der Waals surface area contributed by atoms with Gasteiger partial charge in [-0.05, 0) is 36.5 Å². The molecule has 1 aliphatic carbocycles. The van der Waals surface area contributed by atoms with Gasteiger partial charge in [0.05, 0.1) is 13.5 Å². The molecule has 1 aromatic rings. The van der Waals surface area contributed by atoms with Gasteiger partial charge >= 0.3 is 5.97 Å². The molecule has 0 heterocycles. The van der Waals surface area contributed by atoms with Crippen LogP contribution in [0.2, 0.25) is 0 Å². The Labute approximate surface area is 129 Å². The second-order valence-corrected chi connectivity index (χ2v) is 6.95.